The van der Waals surface area contributed by atoms with Crippen LogP contribution in [0.4, 0.5) is 0 Å². The molecule has 0 saturated heterocycles. The highest BCUT2D eigenvalue weighted by Crippen LogP contribution is 2.41. The van der Waals surface area contributed by atoms with Crippen LogP contribution in [0.1, 0.15) is 38.2 Å². The normalized spacial score (nSPS) is 27.8. The summed E-state index contributed by atoms with van der Waals surface area (Å²) in [6, 6.07) is 10.5. The summed E-state index contributed by atoms with van der Waals surface area (Å²) in [6.45, 7) is 2.26. The molecule has 2 heteroatoms. The number of hydrogen-bond donors (Lipinski definition) is 1. The minimum atomic E-state index is -0.155. The molecule has 2 nitrogen and oxygen atoms in total. The Bertz CT molecular complexity index is 564. The van der Waals surface area contributed by atoms with E-state index in [9.17, 15) is 0 Å². The van der Waals surface area contributed by atoms with Crippen molar-refractivity contribution in [3.8, 4) is 0 Å². The fourth-order valence-corrected chi connectivity index (χ4v) is 3.13. The minimum Gasteiger partial charge on any atom is -0.321 e. The van der Waals surface area contributed by atoms with Gasteiger partial charge in [0.05, 0.1) is 5.52 Å². The molecule has 1 aromatic heterocycles. The molecule has 1 aliphatic rings. The maximum atomic E-state index is 6.60. The van der Waals surface area contributed by atoms with Crippen LogP contribution in [0.5, 0.6) is 0 Å². The average molecular weight is 240 g/mol. The number of fused-ring (bicyclic) bond motifs is 1. The molecule has 1 fully saturated rings. The summed E-state index contributed by atoms with van der Waals surface area (Å²) in [5.74, 6) is 0.779. The Morgan fingerprint density at radius 2 is 2.22 bits per heavy atom. The third-order valence-corrected chi connectivity index (χ3v) is 4.39. The summed E-state index contributed by atoms with van der Waals surface area (Å²) < 4.78 is 0. The fourth-order valence-electron chi connectivity index (χ4n) is 3.13. The van der Waals surface area contributed by atoms with Crippen LogP contribution >= 0.6 is 0 Å². The zero-order valence-electron chi connectivity index (χ0n) is 10.9. The predicted octanol–water partition coefficient (Wildman–Crippen LogP) is 3.60. The molecule has 0 aliphatic heterocycles. The Hall–Kier alpha value is -1.41. The number of nitrogens with zero attached hydrogens (tertiary/aromatic N) is 1. The van der Waals surface area contributed by atoms with Gasteiger partial charge in [0, 0.05) is 17.1 Å². The lowest BCUT2D eigenvalue weighted by Crippen LogP contribution is -2.33. The number of rotatable bonds is 2. The molecule has 0 amide bonds. The van der Waals surface area contributed by atoms with Gasteiger partial charge >= 0.3 is 0 Å². The van der Waals surface area contributed by atoms with Gasteiger partial charge in [0.25, 0.3) is 0 Å². The second-order valence-electron chi connectivity index (χ2n) is 5.59. The summed E-state index contributed by atoms with van der Waals surface area (Å²) in [5.41, 5.74) is 8.70. The SMILES string of the molecule is CCC1CCC(N)(c2cnc3ccccc3c2)C1. The number of para-hydroxylation sites is 1. The van der Waals surface area contributed by atoms with Gasteiger partial charge in [-0.15, -0.1) is 0 Å². The van der Waals surface area contributed by atoms with Crippen molar-refractivity contribution in [2.45, 2.75) is 38.1 Å². The Balaban J connectivity index is 1.99. The number of hydrogen-bond acceptors (Lipinski definition) is 2. The Morgan fingerprint density at radius 1 is 1.39 bits per heavy atom. The van der Waals surface area contributed by atoms with E-state index in [1.54, 1.807) is 0 Å². The molecule has 2 atom stereocenters. The van der Waals surface area contributed by atoms with Gasteiger partial charge in [-0.1, -0.05) is 31.5 Å². The van der Waals surface area contributed by atoms with E-state index in [1.165, 1.54) is 23.8 Å². The molecule has 0 spiro atoms. The van der Waals surface area contributed by atoms with Crippen LogP contribution in [0, 0.1) is 5.92 Å². The van der Waals surface area contributed by atoms with Crippen molar-refractivity contribution in [1.82, 2.24) is 4.98 Å². The Morgan fingerprint density at radius 3 is 3.00 bits per heavy atom. The van der Waals surface area contributed by atoms with E-state index >= 15 is 0 Å². The van der Waals surface area contributed by atoms with Crippen molar-refractivity contribution in [1.29, 1.82) is 0 Å². The van der Waals surface area contributed by atoms with Crippen molar-refractivity contribution in [2.75, 3.05) is 0 Å². The highest BCUT2D eigenvalue weighted by molar-refractivity contribution is 5.79. The van der Waals surface area contributed by atoms with Crippen molar-refractivity contribution < 1.29 is 0 Å². The zero-order chi connectivity index (χ0) is 12.6. The lowest BCUT2D eigenvalue weighted by molar-refractivity contribution is 0.424. The first-order valence-electron chi connectivity index (χ1n) is 6.85. The maximum absolute atomic E-state index is 6.60. The van der Waals surface area contributed by atoms with Gasteiger partial charge in [-0.2, -0.15) is 0 Å². The molecule has 2 unspecified atom stereocenters. The summed E-state index contributed by atoms with van der Waals surface area (Å²) in [4.78, 5) is 4.54. The topological polar surface area (TPSA) is 38.9 Å². The van der Waals surface area contributed by atoms with Crippen LogP contribution in [-0.4, -0.2) is 4.98 Å². The maximum Gasteiger partial charge on any atom is 0.0702 e. The molecule has 1 heterocycles. The van der Waals surface area contributed by atoms with Gasteiger partial charge in [-0.05, 0) is 42.9 Å². The van der Waals surface area contributed by atoms with Gasteiger partial charge in [-0.25, -0.2) is 0 Å². The van der Waals surface area contributed by atoms with Gasteiger partial charge in [-0.3, -0.25) is 4.98 Å². The van der Waals surface area contributed by atoms with E-state index in [0.29, 0.717) is 0 Å². The zero-order valence-corrected chi connectivity index (χ0v) is 10.9. The molecule has 1 saturated carbocycles. The fraction of sp³-hybridized carbons (Fsp3) is 0.438. The van der Waals surface area contributed by atoms with Gasteiger partial charge in [0.2, 0.25) is 0 Å². The standard InChI is InChI=1S/C16H20N2/c1-2-12-7-8-16(17,10-12)14-9-13-5-3-4-6-15(13)18-11-14/h3-6,9,11-12H,2,7-8,10,17H2,1H3. The molecule has 94 valence electrons. The van der Waals surface area contributed by atoms with E-state index in [4.69, 9.17) is 5.73 Å². The molecular formula is C16H20N2. The molecule has 3 rings (SSSR count). The first kappa shape index (κ1) is 11.7. The van der Waals surface area contributed by atoms with Crippen molar-refractivity contribution in [3.63, 3.8) is 0 Å². The van der Waals surface area contributed by atoms with E-state index in [-0.39, 0.29) is 5.54 Å². The predicted molar refractivity (Wildman–Crippen MR) is 75.2 cm³/mol. The molecule has 1 aliphatic carbocycles. The monoisotopic (exact) mass is 240 g/mol. The number of benzene rings is 1. The Kier molecular flexibility index (Phi) is 2.83. The van der Waals surface area contributed by atoms with Crippen LogP contribution in [0.3, 0.4) is 0 Å². The summed E-state index contributed by atoms with van der Waals surface area (Å²) in [6.07, 6.45) is 6.65. The van der Waals surface area contributed by atoms with Crippen molar-refractivity contribution >= 4 is 10.9 Å². The van der Waals surface area contributed by atoms with Crippen LogP contribution in [0.15, 0.2) is 36.5 Å². The molecule has 0 radical (unpaired) electrons. The third kappa shape index (κ3) is 1.91. The number of pyridine rings is 1. The third-order valence-electron chi connectivity index (χ3n) is 4.39. The number of nitrogens with two attached hydrogens (primary N) is 1. The first-order valence-corrected chi connectivity index (χ1v) is 6.85. The molecular weight excluding hydrogens is 220 g/mol. The highest BCUT2D eigenvalue weighted by atomic mass is 14.8. The molecule has 18 heavy (non-hydrogen) atoms. The van der Waals surface area contributed by atoms with Crippen LogP contribution < -0.4 is 5.73 Å². The quantitative estimate of drug-likeness (QED) is 0.871. The van der Waals surface area contributed by atoms with Gasteiger partial charge < -0.3 is 5.73 Å². The van der Waals surface area contributed by atoms with E-state index < -0.39 is 0 Å². The second-order valence-corrected chi connectivity index (χ2v) is 5.59. The minimum absolute atomic E-state index is 0.155. The van der Waals surface area contributed by atoms with Crippen molar-refractivity contribution in [3.05, 3.63) is 42.1 Å². The van der Waals surface area contributed by atoms with Crippen LogP contribution in [0.2, 0.25) is 0 Å². The van der Waals surface area contributed by atoms with Gasteiger partial charge in [0.15, 0.2) is 0 Å². The lowest BCUT2D eigenvalue weighted by Gasteiger charge is -2.24. The smallest absolute Gasteiger partial charge is 0.0702 e. The summed E-state index contributed by atoms with van der Waals surface area (Å²) in [5, 5.41) is 1.19. The molecule has 0 bridgehead atoms. The Labute approximate surface area is 108 Å². The van der Waals surface area contributed by atoms with E-state index in [0.717, 1.165) is 24.3 Å². The first-order chi connectivity index (χ1) is 8.71. The largest absolute Gasteiger partial charge is 0.321 e. The van der Waals surface area contributed by atoms with E-state index in [2.05, 4.69) is 30.1 Å². The molecule has 1 aromatic carbocycles. The summed E-state index contributed by atoms with van der Waals surface area (Å²) in [7, 11) is 0. The van der Waals surface area contributed by atoms with Crippen LogP contribution in [-0.2, 0) is 5.54 Å². The summed E-state index contributed by atoms with van der Waals surface area (Å²) >= 11 is 0. The highest BCUT2D eigenvalue weighted by Gasteiger charge is 2.36. The molecule has 2 aromatic rings. The molecule has 2 N–H and O–H groups in total. The second kappa shape index (κ2) is 4.36. The van der Waals surface area contributed by atoms with Gasteiger partial charge in [0.1, 0.15) is 0 Å². The van der Waals surface area contributed by atoms with Crippen LogP contribution in [0.25, 0.3) is 10.9 Å². The van der Waals surface area contributed by atoms with E-state index in [1.807, 2.05) is 18.3 Å². The number of aromatic nitrogens is 1. The van der Waals surface area contributed by atoms with Crippen molar-refractivity contribution in [2.24, 2.45) is 11.7 Å². The average Bonchev–Trinajstić information content (AvgIpc) is 2.81. The lowest BCUT2D eigenvalue weighted by atomic mass is 9.88.